The summed E-state index contributed by atoms with van der Waals surface area (Å²) in [5.74, 6) is 1.79. The lowest BCUT2D eigenvalue weighted by atomic mass is 9.70. The summed E-state index contributed by atoms with van der Waals surface area (Å²) in [6.45, 7) is 29.7. The normalized spacial score (nSPS) is 18.6. The molecule has 2 nitrogen and oxygen atoms in total. The van der Waals surface area contributed by atoms with Gasteiger partial charge in [0.15, 0.2) is 0 Å². The Morgan fingerprint density at radius 1 is 0.434 bits per heavy atom. The zero-order valence-corrected chi connectivity index (χ0v) is 68.9. The van der Waals surface area contributed by atoms with E-state index in [1.54, 1.807) is 16.7 Å². The van der Waals surface area contributed by atoms with Crippen LogP contribution in [0.5, 0.6) is 5.75 Å². The fraction of sp³-hybridized carbons (Fsp3) is 0.333. The summed E-state index contributed by atoms with van der Waals surface area (Å²) in [5, 5.41) is 2.45. The van der Waals surface area contributed by atoms with Gasteiger partial charge in [0.2, 0.25) is 0 Å². The van der Waals surface area contributed by atoms with Crippen LogP contribution >= 0.6 is 0 Å². The molecule has 3 unspecified atom stereocenters. The van der Waals surface area contributed by atoms with E-state index in [4.69, 9.17) is 9.15 Å². The first-order valence-electron chi connectivity index (χ1n) is 43.4. The van der Waals surface area contributed by atoms with Gasteiger partial charge in [0.05, 0.1) is 0 Å². The van der Waals surface area contributed by atoms with Gasteiger partial charge in [-0.25, -0.2) is 0 Å². The molecule has 8 aliphatic rings. The van der Waals surface area contributed by atoms with Gasteiger partial charge in [0, 0.05) is 66.4 Å². The summed E-state index contributed by atoms with van der Waals surface area (Å²) in [7, 11) is 0. The SMILES string of the molecule is CCCCCCCC1(CCCCCCC)c2ccccc2-c2ccc(-c3ccc4c(c3)C(C)(C)C3=C4C=CC(C4=CCC(c5cc6c(c7c5OCc5ccccc5-7)-c5ccc(CC(Cc7ccc8c(c7)C(C)(C)c7c9c(c%10oc%11ccccc%11c%10c7-8)-c7ccccc7C9(C)C)c7cc(C)cc(C)c7)cc5C6(C)C)C=C4)C3)cc21. The average Bonchev–Trinajstić information content (AvgIpc) is 1.50. The van der Waals surface area contributed by atoms with E-state index in [1.807, 2.05) is 0 Å². The Balaban J connectivity index is 0.583. The van der Waals surface area contributed by atoms with E-state index >= 15 is 0 Å². The first kappa shape index (κ1) is 72.0. The maximum absolute atomic E-state index is 7.17. The molecule has 0 saturated heterocycles. The summed E-state index contributed by atoms with van der Waals surface area (Å²) < 4.78 is 14.2. The van der Waals surface area contributed by atoms with Gasteiger partial charge in [-0.3, -0.25) is 0 Å². The second kappa shape index (κ2) is 27.1. The molecule has 20 rings (SSSR count). The van der Waals surface area contributed by atoms with Crippen molar-refractivity contribution in [3.8, 4) is 72.5 Å². The highest BCUT2D eigenvalue weighted by atomic mass is 16.5. The van der Waals surface area contributed by atoms with Crippen molar-refractivity contribution >= 4 is 27.5 Å². The van der Waals surface area contributed by atoms with Gasteiger partial charge in [0.1, 0.15) is 23.5 Å². The Bertz CT molecular complexity index is 6050. The quantitative estimate of drug-likeness (QED) is 0.0710. The van der Waals surface area contributed by atoms with Crippen molar-refractivity contribution in [3.05, 3.63) is 330 Å². The van der Waals surface area contributed by atoms with Crippen molar-refractivity contribution in [2.45, 2.75) is 231 Å². The van der Waals surface area contributed by atoms with E-state index < -0.39 is 0 Å². The summed E-state index contributed by atoms with van der Waals surface area (Å²) in [4.78, 5) is 0. The van der Waals surface area contributed by atoms with Gasteiger partial charge in [-0.15, -0.1) is 0 Å². The van der Waals surface area contributed by atoms with Gasteiger partial charge in [-0.1, -0.05) is 350 Å². The zero-order valence-electron chi connectivity index (χ0n) is 68.9. The standard InChI is InChI=1S/C111H110O2/c1-13-15-17-19-29-53-111(54-30-20-18-16-14-2)90-37-27-23-33-80(90)83-52-47-75(64-95(83)111)74-46-51-82-81-50-45-73(62-93(81)107(5,6)94(82)63-74)71-41-43-72(44-42-71)88-65-96-98(100-79-32-22-21-31-76(79)66-112-105(88)100)85-48-39-69(60-91(85)108(96,7)8)58-78(77-56-67(3)55-68(4)57-77)59-70-40-49-86-92(61-70)110(11,12)103-99(86)101-87-35-25-28-38-97(87)113-106(101)102-84-34-24-26-36-89(84)109(9,10)104(102)103/h21-28,31-43,45-52,55-57,60-61,63-65,72-73,78H,13-20,29-30,44,53-54,58-59,62,66H2,1-12H3. The smallest absolute Gasteiger partial charge is 0.144 e. The number of hydrogen-bond donors (Lipinski definition) is 0. The summed E-state index contributed by atoms with van der Waals surface area (Å²) in [5.41, 5.74) is 45.8. The predicted molar refractivity (Wildman–Crippen MR) is 475 cm³/mol. The van der Waals surface area contributed by atoms with Crippen molar-refractivity contribution in [3.63, 3.8) is 0 Å². The molecule has 1 aromatic heterocycles. The minimum absolute atomic E-state index is 0.0602. The number of furan rings is 1. The molecule has 0 radical (unpaired) electrons. The molecule has 2 heteroatoms. The number of hydrogen-bond acceptors (Lipinski definition) is 2. The summed E-state index contributed by atoms with van der Waals surface area (Å²) >= 11 is 0. The maximum atomic E-state index is 7.17. The average molecular weight is 1480 g/mol. The van der Waals surface area contributed by atoms with Crippen LogP contribution in [0.25, 0.3) is 94.3 Å². The lowest BCUT2D eigenvalue weighted by Gasteiger charge is -2.33. The molecule has 11 aromatic carbocycles. The van der Waals surface area contributed by atoms with Crippen molar-refractivity contribution in [1.29, 1.82) is 0 Å². The number of rotatable bonds is 20. The number of benzene rings is 11. The molecule has 113 heavy (non-hydrogen) atoms. The Labute approximate surface area is 672 Å². The molecule has 0 spiro atoms. The Hall–Kier alpha value is -10.0. The highest BCUT2D eigenvalue weighted by Gasteiger charge is 2.50. The van der Waals surface area contributed by atoms with Gasteiger partial charge >= 0.3 is 0 Å². The van der Waals surface area contributed by atoms with Gasteiger partial charge in [-0.05, 0) is 227 Å². The van der Waals surface area contributed by atoms with Crippen LogP contribution in [0.15, 0.2) is 240 Å². The molecule has 1 aliphatic heterocycles. The van der Waals surface area contributed by atoms with E-state index in [0.29, 0.717) is 12.5 Å². The molecule has 3 atom stereocenters. The fourth-order valence-electron chi connectivity index (χ4n) is 23.5. The molecule has 566 valence electrons. The van der Waals surface area contributed by atoms with Gasteiger partial charge in [-0.2, -0.15) is 0 Å². The number of ether oxygens (including phenoxy) is 1. The predicted octanol–water partition coefficient (Wildman–Crippen LogP) is 30.2. The lowest BCUT2D eigenvalue weighted by Crippen LogP contribution is -2.25. The third-order valence-corrected chi connectivity index (χ3v) is 29.3. The van der Waals surface area contributed by atoms with Crippen LogP contribution in [0.1, 0.15) is 266 Å². The van der Waals surface area contributed by atoms with E-state index in [2.05, 4.69) is 308 Å². The van der Waals surface area contributed by atoms with Crippen molar-refractivity contribution in [2.24, 2.45) is 5.92 Å². The first-order valence-corrected chi connectivity index (χ1v) is 43.4. The third kappa shape index (κ3) is 11.2. The van der Waals surface area contributed by atoms with Crippen molar-refractivity contribution in [2.75, 3.05) is 0 Å². The van der Waals surface area contributed by atoms with Crippen LogP contribution < -0.4 is 4.74 Å². The number of para-hydroxylation sites is 1. The molecule has 0 saturated carbocycles. The van der Waals surface area contributed by atoms with Crippen LogP contribution in [0, 0.1) is 19.8 Å². The molecule has 0 fully saturated rings. The minimum Gasteiger partial charge on any atom is -0.488 e. The topological polar surface area (TPSA) is 22.4 Å². The van der Waals surface area contributed by atoms with Crippen molar-refractivity contribution < 1.29 is 9.15 Å². The Morgan fingerprint density at radius 2 is 1.00 bits per heavy atom. The van der Waals surface area contributed by atoms with Crippen molar-refractivity contribution in [1.82, 2.24) is 0 Å². The van der Waals surface area contributed by atoms with Crippen LogP contribution in [-0.2, 0) is 46.5 Å². The molecule has 0 N–H and O–H groups in total. The Kier molecular flexibility index (Phi) is 17.2. The van der Waals surface area contributed by atoms with E-state index in [1.165, 1.54) is 249 Å². The third-order valence-electron chi connectivity index (χ3n) is 29.3. The van der Waals surface area contributed by atoms with Crippen LogP contribution in [0.3, 0.4) is 0 Å². The van der Waals surface area contributed by atoms with Gasteiger partial charge in [0.25, 0.3) is 0 Å². The molecule has 0 amide bonds. The highest BCUT2D eigenvalue weighted by molar-refractivity contribution is 6.21. The largest absolute Gasteiger partial charge is 0.488 e. The number of aryl methyl sites for hydroxylation is 2. The lowest BCUT2D eigenvalue weighted by molar-refractivity contribution is 0.298. The van der Waals surface area contributed by atoms with E-state index in [0.717, 1.165) is 42.6 Å². The van der Waals surface area contributed by atoms with Crippen LogP contribution in [-0.4, -0.2) is 0 Å². The van der Waals surface area contributed by atoms with E-state index in [-0.39, 0.29) is 38.9 Å². The molecule has 12 aromatic rings. The van der Waals surface area contributed by atoms with Crippen LogP contribution in [0.4, 0.5) is 0 Å². The molecule has 7 aliphatic carbocycles. The Morgan fingerprint density at radius 3 is 1.71 bits per heavy atom. The fourth-order valence-corrected chi connectivity index (χ4v) is 23.5. The second-order valence-corrected chi connectivity index (χ2v) is 37.6. The maximum Gasteiger partial charge on any atom is 0.144 e. The minimum atomic E-state index is -0.265. The summed E-state index contributed by atoms with van der Waals surface area (Å²) in [6.07, 6.45) is 32.1. The van der Waals surface area contributed by atoms with Gasteiger partial charge < -0.3 is 9.15 Å². The molecular weight excluding hydrogens is 1370 g/mol. The number of unbranched alkanes of at least 4 members (excludes halogenated alkanes) is 8. The molecule has 0 bridgehead atoms. The number of allylic oxidation sites excluding steroid dienone is 8. The number of fused-ring (bicyclic) bond motifs is 24. The summed E-state index contributed by atoms with van der Waals surface area (Å²) in [6, 6.07) is 76.4. The first-order chi connectivity index (χ1) is 54.8. The molecule has 2 heterocycles. The molecular formula is C111H110O2. The highest BCUT2D eigenvalue weighted by Crippen LogP contribution is 2.65. The monoisotopic (exact) mass is 1470 g/mol. The van der Waals surface area contributed by atoms with Crippen LogP contribution in [0.2, 0.25) is 0 Å². The van der Waals surface area contributed by atoms with E-state index in [9.17, 15) is 0 Å². The second-order valence-electron chi connectivity index (χ2n) is 37.6. The zero-order chi connectivity index (χ0) is 77.2.